The van der Waals surface area contributed by atoms with E-state index in [1.807, 2.05) is 6.92 Å². The summed E-state index contributed by atoms with van der Waals surface area (Å²) in [6, 6.07) is 9.45. The predicted octanol–water partition coefficient (Wildman–Crippen LogP) is 3.28. The van der Waals surface area contributed by atoms with E-state index in [-0.39, 0.29) is 18.4 Å². The quantitative estimate of drug-likeness (QED) is 0.897. The Bertz CT molecular complexity index is 329. The summed E-state index contributed by atoms with van der Waals surface area (Å²) < 4.78 is 0. The second-order valence-electron chi connectivity index (χ2n) is 4.87. The van der Waals surface area contributed by atoms with Crippen LogP contribution in [0.3, 0.4) is 0 Å². The van der Waals surface area contributed by atoms with Crippen molar-refractivity contribution in [1.82, 2.24) is 4.90 Å². The fourth-order valence-electron chi connectivity index (χ4n) is 2.42. The van der Waals surface area contributed by atoms with Crippen molar-refractivity contribution in [2.45, 2.75) is 38.8 Å². The van der Waals surface area contributed by atoms with Crippen molar-refractivity contribution >= 4 is 12.4 Å². The van der Waals surface area contributed by atoms with E-state index in [2.05, 4.69) is 36.1 Å². The van der Waals surface area contributed by atoms with Gasteiger partial charge in [0.05, 0.1) is 0 Å². The van der Waals surface area contributed by atoms with Gasteiger partial charge in [-0.05, 0) is 50.9 Å². The summed E-state index contributed by atoms with van der Waals surface area (Å²) in [5.74, 6) is 0. The molecule has 0 aliphatic carbocycles. The van der Waals surface area contributed by atoms with Crippen LogP contribution < -0.4 is 5.73 Å². The van der Waals surface area contributed by atoms with Crippen molar-refractivity contribution in [1.29, 1.82) is 0 Å². The highest BCUT2D eigenvalue weighted by molar-refractivity contribution is 5.85. The van der Waals surface area contributed by atoms with Crippen LogP contribution in [0.15, 0.2) is 24.3 Å². The molecule has 0 spiro atoms. The molecule has 1 aromatic carbocycles. The Hall–Kier alpha value is -0.570. The topological polar surface area (TPSA) is 29.3 Å². The summed E-state index contributed by atoms with van der Waals surface area (Å²) in [5, 5.41) is 0. The smallest absolute Gasteiger partial charge is 0.0319 e. The molecule has 1 fully saturated rings. The number of nitrogens with zero attached hydrogens (tertiary/aromatic N) is 1. The van der Waals surface area contributed by atoms with Crippen molar-refractivity contribution < 1.29 is 0 Å². The van der Waals surface area contributed by atoms with Gasteiger partial charge < -0.3 is 5.73 Å². The Morgan fingerprint density at radius 1 is 1.00 bits per heavy atom. The molecule has 2 rings (SSSR count). The Labute approximate surface area is 111 Å². The van der Waals surface area contributed by atoms with E-state index >= 15 is 0 Å². The number of rotatable bonds is 3. The van der Waals surface area contributed by atoms with Crippen molar-refractivity contribution in [3.63, 3.8) is 0 Å². The summed E-state index contributed by atoms with van der Waals surface area (Å²) in [5.41, 5.74) is 8.48. The van der Waals surface area contributed by atoms with Gasteiger partial charge in [0.15, 0.2) is 0 Å². The molecule has 1 saturated heterocycles. The normalized spacial score (nSPS) is 19.7. The van der Waals surface area contributed by atoms with Crippen LogP contribution in [0.1, 0.15) is 49.9 Å². The Morgan fingerprint density at radius 2 is 1.47 bits per heavy atom. The minimum atomic E-state index is 0. The number of benzene rings is 1. The van der Waals surface area contributed by atoms with Crippen LogP contribution in [-0.4, -0.2) is 18.0 Å². The molecule has 0 bridgehead atoms. The van der Waals surface area contributed by atoms with Crippen molar-refractivity contribution in [3.8, 4) is 0 Å². The van der Waals surface area contributed by atoms with Gasteiger partial charge >= 0.3 is 0 Å². The highest BCUT2D eigenvalue weighted by Crippen LogP contribution is 2.25. The number of hydrogen-bond donors (Lipinski definition) is 1. The average Bonchev–Trinajstić information content (AvgIpc) is 2.81. The molecule has 2 nitrogen and oxygen atoms in total. The molecular weight excluding hydrogens is 232 g/mol. The van der Waals surface area contributed by atoms with Gasteiger partial charge in [-0.1, -0.05) is 24.3 Å². The van der Waals surface area contributed by atoms with Gasteiger partial charge in [-0.25, -0.2) is 0 Å². The minimum Gasteiger partial charge on any atom is -0.324 e. The Balaban J connectivity index is 0.00000144. The second kappa shape index (κ2) is 6.39. The molecule has 1 aromatic rings. The molecule has 2 N–H and O–H groups in total. The number of likely N-dealkylation sites (tertiary alicyclic amines) is 1. The van der Waals surface area contributed by atoms with Gasteiger partial charge in [0.1, 0.15) is 0 Å². The highest BCUT2D eigenvalue weighted by atomic mass is 35.5. The van der Waals surface area contributed by atoms with Crippen LogP contribution in [0, 0.1) is 0 Å². The monoisotopic (exact) mass is 254 g/mol. The Morgan fingerprint density at radius 3 is 1.94 bits per heavy atom. The third-order valence-electron chi connectivity index (χ3n) is 3.63. The van der Waals surface area contributed by atoms with E-state index in [0.29, 0.717) is 6.04 Å². The molecule has 3 heteroatoms. The average molecular weight is 255 g/mol. The number of nitrogens with two attached hydrogens (primary N) is 1. The van der Waals surface area contributed by atoms with Gasteiger partial charge in [0, 0.05) is 12.1 Å². The van der Waals surface area contributed by atoms with Gasteiger partial charge in [0.25, 0.3) is 0 Å². The van der Waals surface area contributed by atoms with Crippen LogP contribution in [0.2, 0.25) is 0 Å². The molecular formula is C14H23ClN2. The summed E-state index contributed by atoms with van der Waals surface area (Å²) in [6.45, 7) is 6.82. The lowest BCUT2D eigenvalue weighted by Crippen LogP contribution is -2.23. The zero-order chi connectivity index (χ0) is 11.5. The zero-order valence-electron chi connectivity index (χ0n) is 10.7. The first-order valence-corrected chi connectivity index (χ1v) is 6.28. The van der Waals surface area contributed by atoms with Crippen LogP contribution in [-0.2, 0) is 0 Å². The first-order valence-electron chi connectivity index (χ1n) is 6.28. The molecule has 17 heavy (non-hydrogen) atoms. The molecule has 2 unspecified atom stereocenters. The minimum absolute atomic E-state index is 0. The maximum Gasteiger partial charge on any atom is 0.0319 e. The van der Waals surface area contributed by atoms with Gasteiger partial charge in [-0.3, -0.25) is 4.90 Å². The molecule has 0 radical (unpaired) electrons. The maximum atomic E-state index is 5.85. The molecule has 1 heterocycles. The van der Waals surface area contributed by atoms with E-state index in [1.165, 1.54) is 37.1 Å². The SMILES string of the molecule is CC(N)c1ccc(C(C)N2CCCC2)cc1.Cl. The fraction of sp³-hybridized carbons (Fsp3) is 0.571. The maximum absolute atomic E-state index is 5.85. The fourth-order valence-corrected chi connectivity index (χ4v) is 2.42. The lowest BCUT2D eigenvalue weighted by molar-refractivity contribution is 0.263. The van der Waals surface area contributed by atoms with Gasteiger partial charge in [-0.15, -0.1) is 12.4 Å². The Kier molecular flexibility index (Phi) is 5.44. The molecule has 0 saturated carbocycles. The van der Waals surface area contributed by atoms with Crippen LogP contribution in [0.25, 0.3) is 0 Å². The second-order valence-corrected chi connectivity index (χ2v) is 4.87. The molecule has 0 amide bonds. The lowest BCUT2D eigenvalue weighted by Gasteiger charge is -2.24. The third kappa shape index (κ3) is 3.44. The van der Waals surface area contributed by atoms with E-state index < -0.39 is 0 Å². The van der Waals surface area contributed by atoms with E-state index in [0.717, 1.165) is 0 Å². The first-order chi connectivity index (χ1) is 7.68. The summed E-state index contributed by atoms with van der Waals surface area (Å²) >= 11 is 0. The van der Waals surface area contributed by atoms with E-state index in [9.17, 15) is 0 Å². The van der Waals surface area contributed by atoms with Crippen molar-refractivity contribution in [2.75, 3.05) is 13.1 Å². The summed E-state index contributed by atoms with van der Waals surface area (Å²) in [7, 11) is 0. The van der Waals surface area contributed by atoms with E-state index in [4.69, 9.17) is 5.73 Å². The third-order valence-corrected chi connectivity index (χ3v) is 3.63. The highest BCUT2D eigenvalue weighted by Gasteiger charge is 2.19. The van der Waals surface area contributed by atoms with Crippen LogP contribution >= 0.6 is 12.4 Å². The van der Waals surface area contributed by atoms with Crippen LogP contribution in [0.5, 0.6) is 0 Å². The molecule has 0 aromatic heterocycles. The lowest BCUT2D eigenvalue weighted by atomic mass is 10.0. The van der Waals surface area contributed by atoms with E-state index in [1.54, 1.807) is 0 Å². The van der Waals surface area contributed by atoms with Gasteiger partial charge in [0.2, 0.25) is 0 Å². The standard InChI is InChI=1S/C14H22N2.ClH/c1-11(15)13-5-7-14(8-6-13)12(2)16-9-3-4-10-16;/h5-8,11-12H,3-4,9-10,15H2,1-2H3;1H. The van der Waals surface area contributed by atoms with Crippen molar-refractivity contribution in [3.05, 3.63) is 35.4 Å². The zero-order valence-corrected chi connectivity index (χ0v) is 11.5. The number of hydrogen-bond acceptors (Lipinski definition) is 2. The molecule has 1 aliphatic rings. The van der Waals surface area contributed by atoms with Crippen molar-refractivity contribution in [2.24, 2.45) is 5.73 Å². The largest absolute Gasteiger partial charge is 0.324 e. The molecule has 96 valence electrons. The molecule has 1 aliphatic heterocycles. The summed E-state index contributed by atoms with van der Waals surface area (Å²) in [6.07, 6.45) is 2.70. The molecule has 2 atom stereocenters. The predicted molar refractivity (Wildman–Crippen MR) is 75.5 cm³/mol. The first kappa shape index (κ1) is 14.5. The van der Waals surface area contributed by atoms with Crippen LogP contribution in [0.4, 0.5) is 0 Å². The van der Waals surface area contributed by atoms with Gasteiger partial charge in [-0.2, -0.15) is 0 Å². The number of halogens is 1. The summed E-state index contributed by atoms with van der Waals surface area (Å²) in [4.78, 5) is 2.56.